The molecule has 0 aromatic heterocycles. The van der Waals surface area contributed by atoms with E-state index < -0.39 is 10.8 Å². The van der Waals surface area contributed by atoms with E-state index in [0.717, 1.165) is 42.6 Å². The van der Waals surface area contributed by atoms with Crippen LogP contribution in [0.4, 0.5) is 5.69 Å². The molecule has 0 amide bonds. The van der Waals surface area contributed by atoms with Gasteiger partial charge in [-0.3, -0.25) is 19.7 Å². The van der Waals surface area contributed by atoms with E-state index in [9.17, 15) is 19.7 Å². The van der Waals surface area contributed by atoms with Crippen molar-refractivity contribution in [3.8, 4) is 11.5 Å². The minimum atomic E-state index is -0.494. The second-order valence-corrected chi connectivity index (χ2v) is 9.55. The van der Waals surface area contributed by atoms with E-state index in [1.165, 1.54) is 19.2 Å². The third-order valence-corrected chi connectivity index (χ3v) is 7.19. The van der Waals surface area contributed by atoms with Crippen LogP contribution in [-0.4, -0.2) is 23.6 Å². The lowest BCUT2D eigenvalue weighted by molar-refractivity contribution is -0.384. The number of carbonyl (C=O) groups is 2. The molecule has 1 aliphatic heterocycles. The summed E-state index contributed by atoms with van der Waals surface area (Å²) in [4.78, 5) is 36.6. The van der Waals surface area contributed by atoms with Gasteiger partial charge in [0.15, 0.2) is 23.1 Å². The highest BCUT2D eigenvalue weighted by molar-refractivity contribution is 6.32. The number of benzene rings is 2. The van der Waals surface area contributed by atoms with Gasteiger partial charge in [-0.15, -0.1) is 0 Å². The van der Waals surface area contributed by atoms with Crippen molar-refractivity contribution in [2.45, 2.75) is 51.0 Å². The second kappa shape index (κ2) is 9.78. The van der Waals surface area contributed by atoms with Crippen molar-refractivity contribution in [3.63, 3.8) is 0 Å². The Hall–Kier alpha value is -3.65. The Bertz CT molecular complexity index is 1290. The molecule has 0 spiro atoms. The molecule has 186 valence electrons. The number of allylic oxidation sites excluding steroid dienone is 4. The summed E-state index contributed by atoms with van der Waals surface area (Å²) < 4.78 is 11.6. The zero-order chi connectivity index (χ0) is 25.4. The summed E-state index contributed by atoms with van der Waals surface area (Å²) in [6.45, 7) is 0.127. The molecule has 2 aromatic carbocycles. The van der Waals surface area contributed by atoms with Crippen LogP contribution in [-0.2, 0) is 16.2 Å². The van der Waals surface area contributed by atoms with Gasteiger partial charge in [-0.05, 0) is 61.1 Å². The minimum absolute atomic E-state index is 0.00226. The number of nitrogens with zero attached hydrogens (tertiary/aromatic N) is 1. The molecule has 0 atom stereocenters. The molecule has 1 N–H and O–H groups in total. The van der Waals surface area contributed by atoms with Gasteiger partial charge in [-0.1, -0.05) is 11.6 Å². The van der Waals surface area contributed by atoms with Crippen molar-refractivity contribution in [1.82, 2.24) is 5.32 Å². The van der Waals surface area contributed by atoms with Crippen LogP contribution < -0.4 is 14.8 Å². The molecule has 0 bridgehead atoms. The molecule has 0 fully saturated rings. The van der Waals surface area contributed by atoms with Crippen LogP contribution in [0.5, 0.6) is 11.5 Å². The quantitative estimate of drug-likeness (QED) is 0.403. The molecule has 0 saturated carbocycles. The Kier molecular flexibility index (Phi) is 6.53. The van der Waals surface area contributed by atoms with Crippen LogP contribution in [0, 0.1) is 10.1 Å². The van der Waals surface area contributed by atoms with Crippen molar-refractivity contribution < 1.29 is 24.0 Å². The van der Waals surface area contributed by atoms with Crippen molar-refractivity contribution in [2.24, 2.45) is 0 Å². The lowest BCUT2D eigenvalue weighted by Gasteiger charge is -2.37. The van der Waals surface area contributed by atoms with Gasteiger partial charge in [-0.25, -0.2) is 0 Å². The molecule has 3 aliphatic rings. The normalized spacial score (nSPS) is 17.9. The number of carbonyl (C=O) groups excluding carboxylic acids is 2. The van der Waals surface area contributed by atoms with Crippen LogP contribution in [0.25, 0.3) is 0 Å². The van der Waals surface area contributed by atoms with E-state index in [2.05, 4.69) is 5.32 Å². The number of halogens is 1. The molecule has 5 rings (SSSR count). The van der Waals surface area contributed by atoms with Gasteiger partial charge in [0, 0.05) is 53.4 Å². The standard InChI is InChI=1S/C27H25ClN2O6/c1-35-23-13-16(12-18(28)27(23)36-14-15-8-10-17(11-9-15)30(33)34)24-25-19(4-2-6-21(25)31)29-20-5-3-7-22(32)26(20)24/h8-13,24,29H,2-7,14H2,1H3. The maximum atomic E-state index is 13.1. The van der Waals surface area contributed by atoms with Crippen LogP contribution in [0.2, 0.25) is 5.02 Å². The first-order valence-electron chi connectivity index (χ1n) is 11.9. The highest BCUT2D eigenvalue weighted by Crippen LogP contribution is 2.48. The van der Waals surface area contributed by atoms with E-state index in [-0.39, 0.29) is 23.9 Å². The largest absolute Gasteiger partial charge is 0.493 e. The number of hydrogen-bond acceptors (Lipinski definition) is 7. The molecule has 8 nitrogen and oxygen atoms in total. The summed E-state index contributed by atoms with van der Waals surface area (Å²) in [5.74, 6) is 0.309. The summed E-state index contributed by atoms with van der Waals surface area (Å²) in [6, 6.07) is 9.59. The highest BCUT2D eigenvalue weighted by Gasteiger charge is 2.40. The molecule has 0 unspecified atom stereocenters. The fraction of sp³-hybridized carbons (Fsp3) is 0.333. The zero-order valence-electron chi connectivity index (χ0n) is 19.8. The number of hydrogen-bond donors (Lipinski definition) is 1. The maximum Gasteiger partial charge on any atom is 0.269 e. The number of nitro benzene ring substituents is 1. The van der Waals surface area contributed by atoms with Crippen molar-refractivity contribution in [1.29, 1.82) is 0 Å². The van der Waals surface area contributed by atoms with Crippen LogP contribution in [0.1, 0.15) is 55.6 Å². The van der Waals surface area contributed by atoms with E-state index in [4.69, 9.17) is 21.1 Å². The summed E-state index contributed by atoms with van der Waals surface area (Å²) in [6.07, 6.45) is 4.01. The summed E-state index contributed by atoms with van der Waals surface area (Å²) in [7, 11) is 1.50. The van der Waals surface area contributed by atoms with Gasteiger partial charge < -0.3 is 14.8 Å². The monoisotopic (exact) mass is 508 g/mol. The third-order valence-electron chi connectivity index (χ3n) is 6.91. The van der Waals surface area contributed by atoms with E-state index >= 15 is 0 Å². The van der Waals surface area contributed by atoms with Crippen molar-refractivity contribution in [3.05, 3.63) is 85.2 Å². The van der Waals surface area contributed by atoms with Gasteiger partial charge >= 0.3 is 0 Å². The number of dihydropyridines is 1. The van der Waals surface area contributed by atoms with Crippen LogP contribution in [0.15, 0.2) is 58.9 Å². The Morgan fingerprint density at radius 3 is 2.17 bits per heavy atom. The summed E-state index contributed by atoms with van der Waals surface area (Å²) in [5, 5.41) is 14.6. The fourth-order valence-electron chi connectivity index (χ4n) is 5.23. The molecular formula is C27H25ClN2O6. The Labute approximate surface area is 213 Å². The first-order valence-corrected chi connectivity index (χ1v) is 12.3. The van der Waals surface area contributed by atoms with Gasteiger partial charge in [0.25, 0.3) is 5.69 Å². The van der Waals surface area contributed by atoms with E-state index in [0.29, 0.717) is 46.1 Å². The SMILES string of the molecule is COc1cc(C2C3=C(CCCC3=O)NC3=C2C(=O)CCC3)cc(Cl)c1OCc1ccc([N+](=O)[O-])cc1. The number of rotatable bonds is 6. The number of nitro groups is 1. The van der Waals surface area contributed by atoms with Crippen LogP contribution in [0.3, 0.4) is 0 Å². The van der Waals surface area contributed by atoms with Crippen molar-refractivity contribution in [2.75, 3.05) is 7.11 Å². The fourth-order valence-corrected chi connectivity index (χ4v) is 5.51. The van der Waals surface area contributed by atoms with Crippen molar-refractivity contribution >= 4 is 28.9 Å². The maximum absolute atomic E-state index is 13.1. The van der Waals surface area contributed by atoms with Gasteiger partial charge in [0.2, 0.25) is 0 Å². The highest BCUT2D eigenvalue weighted by atomic mass is 35.5. The molecule has 0 radical (unpaired) electrons. The van der Waals surface area contributed by atoms with E-state index in [1.807, 2.05) is 0 Å². The number of methoxy groups -OCH3 is 1. The molecular weight excluding hydrogens is 484 g/mol. The Balaban J connectivity index is 1.51. The topological polar surface area (TPSA) is 108 Å². The zero-order valence-corrected chi connectivity index (χ0v) is 20.5. The number of nitrogens with one attached hydrogen (secondary N) is 1. The van der Waals surface area contributed by atoms with Crippen LogP contribution >= 0.6 is 11.6 Å². The predicted molar refractivity (Wildman–Crippen MR) is 133 cm³/mol. The first kappa shape index (κ1) is 24.1. The number of ketones is 2. The number of ether oxygens (including phenoxy) is 2. The smallest absolute Gasteiger partial charge is 0.269 e. The number of non-ortho nitro benzene ring substituents is 1. The molecule has 36 heavy (non-hydrogen) atoms. The first-order chi connectivity index (χ1) is 17.4. The third kappa shape index (κ3) is 4.37. The Morgan fingerprint density at radius 2 is 1.61 bits per heavy atom. The molecule has 1 heterocycles. The number of Topliss-reactive ketones (excluding diaryl/α,β-unsaturated/α-hetero) is 2. The van der Waals surface area contributed by atoms with Gasteiger partial charge in [-0.2, -0.15) is 0 Å². The molecule has 2 aliphatic carbocycles. The summed E-state index contributed by atoms with van der Waals surface area (Å²) in [5.41, 5.74) is 4.54. The lowest BCUT2D eigenvalue weighted by Crippen LogP contribution is -2.36. The molecule has 0 saturated heterocycles. The minimum Gasteiger partial charge on any atom is -0.493 e. The average molecular weight is 509 g/mol. The summed E-state index contributed by atoms with van der Waals surface area (Å²) >= 11 is 6.68. The van der Waals surface area contributed by atoms with Gasteiger partial charge in [0.05, 0.1) is 17.1 Å². The predicted octanol–water partition coefficient (Wildman–Crippen LogP) is 5.54. The molecule has 2 aromatic rings. The lowest BCUT2D eigenvalue weighted by atomic mass is 9.71. The van der Waals surface area contributed by atoms with E-state index in [1.54, 1.807) is 24.3 Å². The molecule has 9 heteroatoms. The average Bonchev–Trinajstić information content (AvgIpc) is 2.87. The Morgan fingerprint density at radius 1 is 1.00 bits per heavy atom. The second-order valence-electron chi connectivity index (χ2n) is 9.14. The van der Waals surface area contributed by atoms with Gasteiger partial charge in [0.1, 0.15) is 6.61 Å².